The van der Waals surface area contributed by atoms with Gasteiger partial charge in [-0.2, -0.15) is 0 Å². The highest BCUT2D eigenvalue weighted by molar-refractivity contribution is 7.89. The maximum atomic E-state index is 12.1. The Balaban J connectivity index is 1.78. The van der Waals surface area contributed by atoms with E-state index in [9.17, 15) is 13.5 Å². The number of hydrogen-bond donors (Lipinski definition) is 1. The highest BCUT2D eigenvalue weighted by Crippen LogP contribution is 2.26. The number of hydrogen-bond acceptors (Lipinski definition) is 5. The van der Waals surface area contributed by atoms with Crippen molar-refractivity contribution in [2.24, 2.45) is 5.92 Å². The summed E-state index contributed by atoms with van der Waals surface area (Å²) in [5, 5.41) is 11.4. The zero-order valence-electron chi connectivity index (χ0n) is 14.9. The average molecular weight is 363 g/mol. The van der Waals surface area contributed by atoms with Crippen LogP contribution in [-0.2, 0) is 16.6 Å². The minimum atomic E-state index is -3.32. The Kier molecular flexibility index (Phi) is 5.11. The van der Waals surface area contributed by atoms with Crippen molar-refractivity contribution in [2.45, 2.75) is 19.6 Å². The van der Waals surface area contributed by atoms with Gasteiger partial charge in [-0.1, -0.05) is 12.1 Å². The topological polar surface area (TPSA) is 73.7 Å². The fourth-order valence-electron chi connectivity index (χ4n) is 3.41. The van der Waals surface area contributed by atoms with E-state index in [1.165, 1.54) is 29.5 Å². The summed E-state index contributed by atoms with van der Waals surface area (Å²) in [5.74, 6) is -0.283. The van der Waals surface area contributed by atoms with Crippen LogP contribution in [0.2, 0.25) is 0 Å². The molecule has 0 saturated carbocycles. The van der Waals surface area contributed by atoms with Crippen LogP contribution in [0, 0.1) is 12.8 Å². The molecule has 7 heteroatoms. The number of aliphatic hydroxyl groups is 1. The largest absolute Gasteiger partial charge is 0.391 e. The Bertz CT molecular complexity index is 867. The van der Waals surface area contributed by atoms with Gasteiger partial charge < -0.3 is 5.11 Å². The first-order valence-corrected chi connectivity index (χ1v) is 10.0. The molecule has 2 atom stereocenters. The third-order valence-corrected chi connectivity index (χ3v) is 6.94. The lowest BCUT2D eigenvalue weighted by Crippen LogP contribution is -2.33. The van der Waals surface area contributed by atoms with Gasteiger partial charge in [0.05, 0.1) is 17.4 Å². The molecule has 6 nitrogen and oxygen atoms in total. The van der Waals surface area contributed by atoms with E-state index in [0.29, 0.717) is 19.6 Å². The minimum Gasteiger partial charge on any atom is -0.391 e. The molecule has 1 aromatic carbocycles. The smallest absolute Gasteiger partial charge is 0.214 e. The first-order valence-electron chi connectivity index (χ1n) is 8.42. The second-order valence-electron chi connectivity index (χ2n) is 7.01. The molecule has 0 bridgehead atoms. The molecule has 1 N–H and O–H groups in total. The molecule has 1 aliphatic rings. The molecule has 2 heterocycles. The lowest BCUT2D eigenvalue weighted by molar-refractivity contribution is 0.148. The predicted octanol–water partition coefficient (Wildman–Crippen LogP) is 1.23. The highest BCUT2D eigenvalue weighted by atomic mass is 32.2. The number of pyridine rings is 1. The fraction of sp³-hybridized carbons (Fsp3) is 0.500. The Morgan fingerprint density at radius 1 is 1.28 bits per heavy atom. The summed E-state index contributed by atoms with van der Waals surface area (Å²) in [6, 6.07) is 8.06. The van der Waals surface area contributed by atoms with E-state index >= 15 is 0 Å². The number of aryl methyl sites for hydroxylation is 1. The molecular weight excluding hydrogens is 338 g/mol. The predicted molar refractivity (Wildman–Crippen MR) is 98.7 cm³/mol. The van der Waals surface area contributed by atoms with E-state index in [4.69, 9.17) is 0 Å². The molecule has 0 unspecified atom stereocenters. The van der Waals surface area contributed by atoms with Crippen molar-refractivity contribution in [3.05, 3.63) is 41.6 Å². The summed E-state index contributed by atoms with van der Waals surface area (Å²) in [5.41, 5.74) is 3.32. The van der Waals surface area contributed by atoms with Crippen LogP contribution < -0.4 is 0 Å². The molecule has 136 valence electrons. The summed E-state index contributed by atoms with van der Waals surface area (Å²) in [6.45, 7) is 3.82. The zero-order chi connectivity index (χ0) is 18.2. The number of aliphatic hydroxyl groups excluding tert-OH is 1. The quantitative estimate of drug-likeness (QED) is 0.865. The summed E-state index contributed by atoms with van der Waals surface area (Å²) in [6.07, 6.45) is 1.16. The maximum absolute atomic E-state index is 12.1. The molecule has 3 rings (SSSR count). The minimum absolute atomic E-state index is 0.0201. The average Bonchev–Trinajstić information content (AvgIpc) is 2.89. The lowest BCUT2D eigenvalue weighted by atomic mass is 10.0. The SMILES string of the molecule is Cc1ccc2ncccc2c1CN1C[C@@H](CS(=O)(=O)N(C)C)[C@H](O)C1. The number of likely N-dealkylation sites (tertiary alicyclic amines) is 1. The molecule has 2 aromatic rings. The number of aromatic nitrogens is 1. The van der Waals surface area contributed by atoms with Gasteiger partial charge in [0, 0.05) is 51.2 Å². The molecule has 25 heavy (non-hydrogen) atoms. The van der Waals surface area contributed by atoms with Gasteiger partial charge in [-0.15, -0.1) is 0 Å². The van der Waals surface area contributed by atoms with Gasteiger partial charge in [-0.25, -0.2) is 12.7 Å². The van der Waals surface area contributed by atoms with Gasteiger partial charge in [0.2, 0.25) is 10.0 Å². The first-order chi connectivity index (χ1) is 11.8. The summed E-state index contributed by atoms with van der Waals surface area (Å²) >= 11 is 0. The molecule has 0 radical (unpaired) electrons. The molecule has 0 spiro atoms. The molecular formula is C18H25N3O3S. The number of rotatable bonds is 5. The Morgan fingerprint density at radius 2 is 2.04 bits per heavy atom. The third-order valence-electron chi connectivity index (χ3n) is 4.98. The molecule has 0 aliphatic carbocycles. The maximum Gasteiger partial charge on any atom is 0.214 e. The Hall–Kier alpha value is -1.54. The highest BCUT2D eigenvalue weighted by Gasteiger charge is 2.35. The number of benzene rings is 1. The van der Waals surface area contributed by atoms with Crippen molar-refractivity contribution in [3.8, 4) is 0 Å². The molecule has 0 amide bonds. The molecule has 1 aliphatic heterocycles. The Labute approximate surface area is 149 Å². The van der Waals surface area contributed by atoms with Crippen molar-refractivity contribution >= 4 is 20.9 Å². The van der Waals surface area contributed by atoms with Crippen molar-refractivity contribution < 1.29 is 13.5 Å². The number of β-amino-alcohol motifs (C(OH)–C–C–N with tert-alkyl or cyclic N) is 1. The number of fused-ring (bicyclic) bond motifs is 1. The van der Waals surface area contributed by atoms with E-state index in [-0.39, 0.29) is 11.7 Å². The van der Waals surface area contributed by atoms with Crippen molar-refractivity contribution in [1.82, 2.24) is 14.2 Å². The van der Waals surface area contributed by atoms with Gasteiger partial charge in [0.1, 0.15) is 0 Å². The van der Waals surface area contributed by atoms with Gasteiger partial charge in [0.15, 0.2) is 0 Å². The van der Waals surface area contributed by atoms with Crippen molar-refractivity contribution in [1.29, 1.82) is 0 Å². The van der Waals surface area contributed by atoms with E-state index < -0.39 is 16.1 Å². The van der Waals surface area contributed by atoms with Crippen molar-refractivity contribution in [3.63, 3.8) is 0 Å². The van der Waals surface area contributed by atoms with Gasteiger partial charge in [-0.3, -0.25) is 9.88 Å². The van der Waals surface area contributed by atoms with Gasteiger partial charge in [0.25, 0.3) is 0 Å². The second-order valence-corrected chi connectivity index (χ2v) is 9.24. The van der Waals surface area contributed by atoms with Crippen LogP contribution in [0.1, 0.15) is 11.1 Å². The number of sulfonamides is 1. The van der Waals surface area contributed by atoms with E-state index in [1.54, 1.807) is 6.20 Å². The molecule has 1 fully saturated rings. The van der Waals surface area contributed by atoms with Gasteiger partial charge >= 0.3 is 0 Å². The van der Waals surface area contributed by atoms with Crippen LogP contribution in [-0.4, -0.2) is 66.8 Å². The van der Waals surface area contributed by atoms with Crippen LogP contribution in [0.25, 0.3) is 10.9 Å². The summed E-state index contributed by atoms with van der Waals surface area (Å²) in [7, 11) is -0.260. The zero-order valence-corrected chi connectivity index (χ0v) is 15.7. The monoisotopic (exact) mass is 363 g/mol. The molecule has 1 aromatic heterocycles. The summed E-state index contributed by atoms with van der Waals surface area (Å²) in [4.78, 5) is 6.54. The van der Waals surface area contributed by atoms with Crippen molar-refractivity contribution in [2.75, 3.05) is 32.9 Å². The fourth-order valence-corrected chi connectivity index (χ4v) is 4.58. The first kappa shape index (κ1) is 18.3. The van der Waals surface area contributed by atoms with Crippen LogP contribution in [0.4, 0.5) is 0 Å². The van der Waals surface area contributed by atoms with Gasteiger partial charge in [-0.05, 0) is 30.2 Å². The van der Waals surface area contributed by atoms with Crippen LogP contribution in [0.15, 0.2) is 30.5 Å². The van der Waals surface area contributed by atoms with Crippen LogP contribution in [0.3, 0.4) is 0 Å². The number of nitrogens with zero attached hydrogens (tertiary/aromatic N) is 3. The van der Waals surface area contributed by atoms with E-state index in [2.05, 4.69) is 28.9 Å². The lowest BCUT2D eigenvalue weighted by Gasteiger charge is -2.19. The standard InChI is InChI=1S/C18H25N3O3S/c1-13-6-7-17-15(5-4-8-19-17)16(13)10-21-9-14(18(22)11-21)12-25(23,24)20(2)3/h4-8,14,18,22H,9-12H2,1-3H3/t14-,18+/m0/s1. The molecule has 1 saturated heterocycles. The van der Waals surface area contributed by atoms with Crippen LogP contribution in [0.5, 0.6) is 0 Å². The normalized spacial score (nSPS) is 22.1. The van der Waals surface area contributed by atoms with E-state index in [0.717, 1.165) is 10.9 Å². The second kappa shape index (κ2) is 6.99. The third kappa shape index (κ3) is 3.84. The van der Waals surface area contributed by atoms with Crippen LogP contribution >= 0.6 is 0 Å². The Morgan fingerprint density at radius 3 is 2.76 bits per heavy atom. The van der Waals surface area contributed by atoms with E-state index in [1.807, 2.05) is 12.1 Å². The summed E-state index contributed by atoms with van der Waals surface area (Å²) < 4.78 is 25.5.